The Balaban J connectivity index is 0.00000420. The predicted octanol–water partition coefficient (Wildman–Crippen LogP) is 3.15. The Bertz CT molecular complexity index is 779. The van der Waals surface area contributed by atoms with Gasteiger partial charge in [-0.15, -0.1) is 24.0 Å². The summed E-state index contributed by atoms with van der Waals surface area (Å²) in [5.41, 5.74) is 3.01. The van der Waals surface area contributed by atoms with Crippen LogP contribution in [0.3, 0.4) is 0 Å². The average Bonchev–Trinajstić information content (AvgIpc) is 2.73. The highest BCUT2D eigenvalue weighted by molar-refractivity contribution is 14.0. The van der Waals surface area contributed by atoms with Crippen LogP contribution in [0, 0.1) is 6.92 Å². The number of nitrogens with one attached hydrogen (secondary N) is 3. The highest BCUT2D eigenvalue weighted by Gasteiger charge is 2.04. The standard InChI is InChI=1S/C22H30N4O2.HI/c1-17-8-10-20(11-9-17)28-15-5-13-25-22(24-3)26-14-12-18-6-4-7-19(16-18)21(27)23-2;/h4,6-11,16H,5,12-15H2,1-3H3,(H,23,27)(H2,24,25,26);1H. The third kappa shape index (κ3) is 9.17. The van der Waals surface area contributed by atoms with Crippen molar-refractivity contribution in [1.29, 1.82) is 0 Å². The lowest BCUT2D eigenvalue weighted by Gasteiger charge is -2.12. The van der Waals surface area contributed by atoms with Crippen molar-refractivity contribution in [1.82, 2.24) is 16.0 Å². The maximum atomic E-state index is 11.7. The van der Waals surface area contributed by atoms with Gasteiger partial charge in [0.2, 0.25) is 0 Å². The molecule has 0 spiro atoms. The first-order valence-corrected chi connectivity index (χ1v) is 9.57. The zero-order valence-electron chi connectivity index (χ0n) is 17.3. The zero-order valence-corrected chi connectivity index (χ0v) is 19.7. The van der Waals surface area contributed by atoms with E-state index in [0.717, 1.165) is 43.2 Å². The van der Waals surface area contributed by atoms with Crippen LogP contribution in [0.15, 0.2) is 53.5 Å². The van der Waals surface area contributed by atoms with Gasteiger partial charge in [0.1, 0.15) is 5.75 Å². The lowest BCUT2D eigenvalue weighted by molar-refractivity contribution is 0.0963. The maximum Gasteiger partial charge on any atom is 0.251 e. The summed E-state index contributed by atoms with van der Waals surface area (Å²) in [7, 11) is 3.39. The Kier molecular flexibility index (Phi) is 11.8. The molecule has 0 heterocycles. The number of carbonyl (C=O) groups excluding carboxylic acids is 1. The van der Waals surface area contributed by atoms with Crippen molar-refractivity contribution in [2.45, 2.75) is 19.8 Å². The molecule has 2 rings (SSSR count). The molecule has 0 aliphatic rings. The van der Waals surface area contributed by atoms with E-state index in [4.69, 9.17) is 4.74 Å². The van der Waals surface area contributed by atoms with E-state index >= 15 is 0 Å². The van der Waals surface area contributed by atoms with Gasteiger partial charge >= 0.3 is 0 Å². The molecule has 0 saturated heterocycles. The molecule has 2 aromatic rings. The van der Waals surface area contributed by atoms with Crippen LogP contribution < -0.4 is 20.7 Å². The summed E-state index contributed by atoms with van der Waals surface area (Å²) in [6.07, 6.45) is 1.69. The van der Waals surface area contributed by atoms with Gasteiger partial charge in [-0.05, 0) is 49.6 Å². The van der Waals surface area contributed by atoms with Gasteiger partial charge in [0.05, 0.1) is 6.61 Å². The smallest absolute Gasteiger partial charge is 0.251 e. The minimum Gasteiger partial charge on any atom is -0.494 e. The molecule has 0 atom stereocenters. The fraction of sp³-hybridized carbons (Fsp3) is 0.364. The van der Waals surface area contributed by atoms with Crippen LogP contribution in [0.2, 0.25) is 0 Å². The number of benzene rings is 2. The van der Waals surface area contributed by atoms with Gasteiger partial charge in [-0.2, -0.15) is 0 Å². The summed E-state index contributed by atoms with van der Waals surface area (Å²) in [6, 6.07) is 15.7. The van der Waals surface area contributed by atoms with Gasteiger partial charge < -0.3 is 20.7 Å². The summed E-state index contributed by atoms with van der Waals surface area (Å²) < 4.78 is 5.72. The first-order chi connectivity index (χ1) is 13.6. The first-order valence-electron chi connectivity index (χ1n) is 9.57. The van der Waals surface area contributed by atoms with Gasteiger partial charge in [-0.3, -0.25) is 9.79 Å². The number of guanidine groups is 1. The Labute approximate surface area is 190 Å². The van der Waals surface area contributed by atoms with Gasteiger partial charge in [-0.1, -0.05) is 29.8 Å². The van der Waals surface area contributed by atoms with Crippen molar-refractivity contribution < 1.29 is 9.53 Å². The predicted molar refractivity (Wildman–Crippen MR) is 130 cm³/mol. The number of carbonyl (C=O) groups is 1. The molecule has 0 fully saturated rings. The molecule has 1 amide bonds. The van der Waals surface area contributed by atoms with Crippen LogP contribution >= 0.6 is 24.0 Å². The number of halogens is 1. The van der Waals surface area contributed by atoms with Crippen molar-refractivity contribution in [2.24, 2.45) is 4.99 Å². The second kappa shape index (κ2) is 13.8. The molecule has 0 radical (unpaired) electrons. The van der Waals surface area contributed by atoms with Crippen LogP contribution in [0.25, 0.3) is 0 Å². The van der Waals surface area contributed by atoms with Crippen molar-refractivity contribution in [2.75, 3.05) is 33.8 Å². The molecule has 0 unspecified atom stereocenters. The molecule has 3 N–H and O–H groups in total. The highest BCUT2D eigenvalue weighted by Crippen LogP contribution is 2.11. The van der Waals surface area contributed by atoms with E-state index in [0.29, 0.717) is 12.2 Å². The molecule has 7 heteroatoms. The minimum absolute atomic E-state index is 0. The number of hydrogen-bond acceptors (Lipinski definition) is 3. The number of amides is 1. The van der Waals surface area contributed by atoms with Crippen LogP contribution in [0.1, 0.15) is 27.9 Å². The number of nitrogens with zero attached hydrogens (tertiary/aromatic N) is 1. The van der Waals surface area contributed by atoms with Gasteiger partial charge in [0, 0.05) is 32.7 Å². The Morgan fingerprint density at radius 1 is 1.07 bits per heavy atom. The van der Waals surface area contributed by atoms with Crippen molar-refractivity contribution in [3.05, 3.63) is 65.2 Å². The zero-order chi connectivity index (χ0) is 20.2. The largest absolute Gasteiger partial charge is 0.494 e. The molecular formula is C22H31IN4O2. The second-order valence-electron chi connectivity index (χ2n) is 6.47. The van der Waals surface area contributed by atoms with Gasteiger partial charge in [0.25, 0.3) is 5.91 Å². The molecule has 0 aliphatic carbocycles. The highest BCUT2D eigenvalue weighted by atomic mass is 127. The SMILES string of the molecule is CN=C(NCCCOc1ccc(C)cc1)NCCc1cccc(C(=O)NC)c1.I. The Hall–Kier alpha value is -2.29. The topological polar surface area (TPSA) is 74.8 Å². The summed E-state index contributed by atoms with van der Waals surface area (Å²) in [5, 5.41) is 9.22. The van der Waals surface area contributed by atoms with E-state index in [1.165, 1.54) is 5.56 Å². The van der Waals surface area contributed by atoms with Crippen LogP contribution in [0.4, 0.5) is 0 Å². The molecule has 0 saturated carbocycles. The molecule has 2 aromatic carbocycles. The van der Waals surface area contributed by atoms with E-state index in [-0.39, 0.29) is 29.9 Å². The normalized spacial score (nSPS) is 10.7. The van der Waals surface area contributed by atoms with Crippen molar-refractivity contribution in [3.8, 4) is 5.75 Å². The lowest BCUT2D eigenvalue weighted by Crippen LogP contribution is -2.39. The summed E-state index contributed by atoms with van der Waals surface area (Å²) >= 11 is 0. The van der Waals surface area contributed by atoms with E-state index in [9.17, 15) is 4.79 Å². The Morgan fingerprint density at radius 2 is 1.79 bits per heavy atom. The fourth-order valence-corrected chi connectivity index (χ4v) is 2.66. The quantitative estimate of drug-likeness (QED) is 0.210. The molecule has 0 aliphatic heterocycles. The number of rotatable bonds is 9. The average molecular weight is 510 g/mol. The third-order valence-corrected chi connectivity index (χ3v) is 4.25. The lowest BCUT2D eigenvalue weighted by atomic mass is 10.1. The second-order valence-corrected chi connectivity index (χ2v) is 6.47. The molecule has 158 valence electrons. The first kappa shape index (κ1) is 24.7. The van der Waals surface area contributed by atoms with Crippen LogP contribution in [-0.2, 0) is 6.42 Å². The molecular weight excluding hydrogens is 479 g/mol. The summed E-state index contributed by atoms with van der Waals surface area (Å²) in [4.78, 5) is 15.9. The third-order valence-electron chi connectivity index (χ3n) is 4.25. The van der Waals surface area contributed by atoms with Gasteiger partial charge in [0.15, 0.2) is 5.96 Å². The molecule has 0 bridgehead atoms. The van der Waals surface area contributed by atoms with Crippen molar-refractivity contribution in [3.63, 3.8) is 0 Å². The molecule has 6 nitrogen and oxygen atoms in total. The van der Waals surface area contributed by atoms with E-state index < -0.39 is 0 Å². The van der Waals surface area contributed by atoms with Gasteiger partial charge in [-0.25, -0.2) is 0 Å². The fourth-order valence-electron chi connectivity index (χ4n) is 2.66. The monoisotopic (exact) mass is 510 g/mol. The number of hydrogen-bond donors (Lipinski definition) is 3. The summed E-state index contributed by atoms with van der Waals surface area (Å²) in [5.74, 6) is 1.59. The minimum atomic E-state index is -0.0693. The molecule has 0 aromatic heterocycles. The van der Waals surface area contributed by atoms with E-state index in [2.05, 4.69) is 27.9 Å². The number of aliphatic imine (C=N–C) groups is 1. The van der Waals surface area contributed by atoms with Crippen LogP contribution in [-0.4, -0.2) is 45.7 Å². The van der Waals surface area contributed by atoms with E-state index in [1.807, 2.05) is 48.5 Å². The maximum absolute atomic E-state index is 11.7. The molecule has 29 heavy (non-hydrogen) atoms. The summed E-state index contributed by atoms with van der Waals surface area (Å²) in [6.45, 7) is 4.22. The van der Waals surface area contributed by atoms with Crippen LogP contribution in [0.5, 0.6) is 5.75 Å². The number of ether oxygens (including phenoxy) is 1. The van der Waals surface area contributed by atoms with Crippen molar-refractivity contribution >= 4 is 35.8 Å². The Morgan fingerprint density at radius 3 is 2.48 bits per heavy atom. The van der Waals surface area contributed by atoms with E-state index in [1.54, 1.807) is 14.1 Å². The number of aryl methyl sites for hydroxylation is 1.